The van der Waals surface area contributed by atoms with E-state index in [-0.39, 0.29) is 11.7 Å². The topological polar surface area (TPSA) is 66.4 Å². The van der Waals surface area contributed by atoms with Crippen LogP contribution in [0.1, 0.15) is 19.4 Å². The Hall–Kier alpha value is -1.56. The second kappa shape index (κ2) is 6.06. The Balaban J connectivity index is 2.56. The normalized spacial score (nSPS) is 11.2. The van der Waals surface area contributed by atoms with Gasteiger partial charge in [-0.3, -0.25) is 9.59 Å². The molecule has 0 radical (unpaired) electrons. The van der Waals surface area contributed by atoms with Crippen molar-refractivity contribution in [3.63, 3.8) is 0 Å². The van der Waals surface area contributed by atoms with E-state index < -0.39 is 16.5 Å². The summed E-state index contributed by atoms with van der Waals surface area (Å²) in [4.78, 5) is 22.5. The van der Waals surface area contributed by atoms with E-state index in [2.05, 4.69) is 5.32 Å². The number of anilines is 1. The van der Waals surface area contributed by atoms with Gasteiger partial charge in [0.05, 0.1) is 5.75 Å². The van der Waals surface area contributed by atoms with Crippen molar-refractivity contribution in [2.75, 3.05) is 11.1 Å². The summed E-state index contributed by atoms with van der Waals surface area (Å²) >= 11 is 1.02. The molecule has 0 saturated heterocycles. The number of carboxylic acids is 1. The molecule has 19 heavy (non-hydrogen) atoms. The highest BCUT2D eigenvalue weighted by atomic mass is 32.2. The minimum Gasteiger partial charge on any atom is -0.480 e. The van der Waals surface area contributed by atoms with E-state index >= 15 is 0 Å². The molecule has 0 saturated carbocycles. The van der Waals surface area contributed by atoms with Gasteiger partial charge in [-0.2, -0.15) is 0 Å². The zero-order chi connectivity index (χ0) is 14.6. The van der Waals surface area contributed by atoms with Crippen molar-refractivity contribution >= 4 is 29.3 Å². The predicted octanol–water partition coefficient (Wildman–Crippen LogP) is 2.67. The second-order valence-electron chi connectivity index (χ2n) is 4.62. The Labute approximate surface area is 115 Å². The van der Waals surface area contributed by atoms with E-state index in [0.717, 1.165) is 11.8 Å². The van der Waals surface area contributed by atoms with Crippen LogP contribution in [0.5, 0.6) is 0 Å². The Bertz CT molecular complexity index is 503. The molecule has 1 aromatic rings. The SMILES string of the molecule is Cc1ccc(NC(=O)CSC(C)(C)C(=O)O)cc1F. The highest BCUT2D eigenvalue weighted by molar-refractivity contribution is 8.02. The number of carboxylic acid groups (broad SMARTS) is 1. The van der Waals surface area contributed by atoms with Gasteiger partial charge in [-0.25, -0.2) is 4.39 Å². The standard InChI is InChI=1S/C13H16FNO3S/c1-8-4-5-9(6-10(8)14)15-11(16)7-19-13(2,3)12(17)18/h4-6H,7H2,1-3H3,(H,15,16)(H,17,18). The quantitative estimate of drug-likeness (QED) is 0.873. The van der Waals surface area contributed by atoms with Crippen LogP contribution in [0.4, 0.5) is 10.1 Å². The summed E-state index contributed by atoms with van der Waals surface area (Å²) in [7, 11) is 0. The first kappa shape index (κ1) is 15.5. The fourth-order valence-electron chi connectivity index (χ4n) is 1.18. The van der Waals surface area contributed by atoms with Crippen molar-refractivity contribution in [1.82, 2.24) is 0 Å². The maximum absolute atomic E-state index is 13.3. The zero-order valence-electron chi connectivity index (χ0n) is 11.0. The molecule has 0 aromatic heterocycles. The highest BCUT2D eigenvalue weighted by Gasteiger charge is 2.28. The first-order valence-electron chi connectivity index (χ1n) is 5.66. The van der Waals surface area contributed by atoms with Gasteiger partial charge in [-0.05, 0) is 38.5 Å². The number of halogens is 1. The molecule has 0 aliphatic carbocycles. The van der Waals surface area contributed by atoms with Crippen LogP contribution in [0.25, 0.3) is 0 Å². The smallest absolute Gasteiger partial charge is 0.319 e. The van der Waals surface area contributed by atoms with Crippen molar-refractivity contribution in [2.45, 2.75) is 25.5 Å². The lowest BCUT2D eigenvalue weighted by molar-refractivity contribution is -0.138. The summed E-state index contributed by atoms with van der Waals surface area (Å²) in [6.07, 6.45) is 0. The van der Waals surface area contributed by atoms with Gasteiger partial charge in [-0.1, -0.05) is 6.07 Å². The number of carbonyl (C=O) groups is 2. The number of amides is 1. The number of nitrogens with one attached hydrogen (secondary N) is 1. The Kier molecular flexibility index (Phi) is 4.94. The maximum Gasteiger partial charge on any atom is 0.319 e. The summed E-state index contributed by atoms with van der Waals surface area (Å²) < 4.78 is 12.2. The molecule has 1 aromatic carbocycles. The molecule has 0 unspecified atom stereocenters. The molecule has 104 valence electrons. The van der Waals surface area contributed by atoms with Crippen molar-refractivity contribution in [3.8, 4) is 0 Å². The van der Waals surface area contributed by atoms with Crippen molar-refractivity contribution in [2.24, 2.45) is 0 Å². The molecule has 0 fully saturated rings. The molecule has 6 heteroatoms. The van der Waals surface area contributed by atoms with Gasteiger partial charge in [-0.15, -0.1) is 11.8 Å². The third-order valence-corrected chi connectivity index (χ3v) is 3.84. The molecule has 0 atom stereocenters. The lowest BCUT2D eigenvalue weighted by Crippen LogP contribution is -2.29. The molecular formula is C13H16FNO3S. The summed E-state index contributed by atoms with van der Waals surface area (Å²) in [6, 6.07) is 4.41. The molecule has 0 heterocycles. The summed E-state index contributed by atoms with van der Waals surface area (Å²) in [5.41, 5.74) is 0.862. The van der Waals surface area contributed by atoms with Gasteiger partial charge >= 0.3 is 5.97 Å². The van der Waals surface area contributed by atoms with E-state index in [1.165, 1.54) is 19.9 Å². The number of thioether (sulfide) groups is 1. The van der Waals surface area contributed by atoms with Crippen LogP contribution in [0, 0.1) is 12.7 Å². The molecule has 4 nitrogen and oxygen atoms in total. The number of hydrogen-bond acceptors (Lipinski definition) is 3. The van der Waals surface area contributed by atoms with Crippen LogP contribution in [-0.2, 0) is 9.59 Å². The molecule has 1 rings (SSSR count). The van der Waals surface area contributed by atoms with Crippen molar-refractivity contribution < 1.29 is 19.1 Å². The number of benzene rings is 1. The lowest BCUT2D eigenvalue weighted by Gasteiger charge is -2.17. The number of rotatable bonds is 5. The van der Waals surface area contributed by atoms with Crippen molar-refractivity contribution in [3.05, 3.63) is 29.6 Å². The highest BCUT2D eigenvalue weighted by Crippen LogP contribution is 2.24. The number of hydrogen-bond donors (Lipinski definition) is 2. The Morgan fingerprint density at radius 3 is 2.58 bits per heavy atom. The van der Waals surface area contributed by atoms with Gasteiger partial charge in [0.1, 0.15) is 10.6 Å². The minimum atomic E-state index is -1.03. The third-order valence-electron chi connectivity index (χ3n) is 2.53. The van der Waals surface area contributed by atoms with Crippen LogP contribution >= 0.6 is 11.8 Å². The minimum absolute atomic E-state index is 0.00516. The largest absolute Gasteiger partial charge is 0.480 e. The molecule has 0 aliphatic rings. The Morgan fingerprint density at radius 2 is 2.05 bits per heavy atom. The van der Waals surface area contributed by atoms with E-state index in [1.54, 1.807) is 19.1 Å². The van der Waals surface area contributed by atoms with Crippen LogP contribution in [0.2, 0.25) is 0 Å². The van der Waals surface area contributed by atoms with Gasteiger partial charge < -0.3 is 10.4 Å². The van der Waals surface area contributed by atoms with Crippen LogP contribution in [0.15, 0.2) is 18.2 Å². The average molecular weight is 285 g/mol. The average Bonchev–Trinajstić information content (AvgIpc) is 2.31. The fraction of sp³-hybridized carbons (Fsp3) is 0.385. The van der Waals surface area contributed by atoms with Gasteiger partial charge in [0.25, 0.3) is 0 Å². The van der Waals surface area contributed by atoms with E-state index in [1.807, 2.05) is 0 Å². The second-order valence-corrected chi connectivity index (χ2v) is 6.21. The first-order valence-corrected chi connectivity index (χ1v) is 6.64. The predicted molar refractivity (Wildman–Crippen MR) is 73.9 cm³/mol. The van der Waals surface area contributed by atoms with E-state index in [4.69, 9.17) is 5.11 Å². The van der Waals surface area contributed by atoms with Gasteiger partial charge in [0.2, 0.25) is 5.91 Å². The zero-order valence-corrected chi connectivity index (χ0v) is 11.8. The molecule has 0 spiro atoms. The first-order chi connectivity index (χ1) is 8.72. The van der Waals surface area contributed by atoms with E-state index in [9.17, 15) is 14.0 Å². The number of aryl methyl sites for hydroxylation is 1. The maximum atomic E-state index is 13.3. The van der Waals surface area contributed by atoms with Crippen LogP contribution in [0.3, 0.4) is 0 Å². The molecular weight excluding hydrogens is 269 g/mol. The Morgan fingerprint density at radius 1 is 1.42 bits per heavy atom. The van der Waals surface area contributed by atoms with E-state index in [0.29, 0.717) is 11.3 Å². The monoisotopic (exact) mass is 285 g/mol. The fourth-order valence-corrected chi connectivity index (χ4v) is 1.86. The number of carbonyl (C=O) groups excluding carboxylic acids is 1. The van der Waals surface area contributed by atoms with Crippen LogP contribution in [-0.4, -0.2) is 27.5 Å². The molecule has 2 N–H and O–H groups in total. The molecule has 0 bridgehead atoms. The lowest BCUT2D eigenvalue weighted by atomic mass is 10.2. The van der Waals surface area contributed by atoms with Crippen LogP contribution < -0.4 is 5.32 Å². The number of aliphatic carboxylic acids is 1. The van der Waals surface area contributed by atoms with Crippen molar-refractivity contribution in [1.29, 1.82) is 0 Å². The molecule has 1 amide bonds. The van der Waals surface area contributed by atoms with Gasteiger partial charge in [0, 0.05) is 5.69 Å². The summed E-state index contributed by atoms with van der Waals surface area (Å²) in [6.45, 7) is 4.68. The summed E-state index contributed by atoms with van der Waals surface area (Å²) in [5.74, 6) is -1.74. The summed E-state index contributed by atoms with van der Waals surface area (Å²) in [5, 5.41) is 11.4. The molecule has 0 aliphatic heterocycles. The van der Waals surface area contributed by atoms with Gasteiger partial charge in [0.15, 0.2) is 0 Å². The third kappa shape index (κ3) is 4.55.